The first-order valence-electron chi connectivity index (χ1n) is 7.17. The van der Waals surface area contributed by atoms with Crippen LogP contribution < -0.4 is 5.73 Å². The predicted octanol–water partition coefficient (Wildman–Crippen LogP) is 3.85. The van der Waals surface area contributed by atoms with E-state index in [-0.39, 0.29) is 12.4 Å². The molecule has 2 N–H and O–H groups in total. The molecule has 0 aromatic carbocycles. The fourth-order valence-corrected chi connectivity index (χ4v) is 4.29. The fourth-order valence-electron chi connectivity index (χ4n) is 2.76. The number of piperidine rings is 1. The highest BCUT2D eigenvalue weighted by Crippen LogP contribution is 2.27. The van der Waals surface area contributed by atoms with E-state index in [1.807, 2.05) is 0 Å². The minimum absolute atomic E-state index is 0. The van der Waals surface area contributed by atoms with Crippen LogP contribution in [-0.4, -0.2) is 29.0 Å². The van der Waals surface area contributed by atoms with Crippen molar-refractivity contribution in [3.63, 3.8) is 0 Å². The average molecular weight is 344 g/mol. The smallest absolute Gasteiger partial charge is 0.124 e. The molecule has 0 saturated carbocycles. The normalized spacial score (nSPS) is 18.4. The Labute approximate surface area is 140 Å². The maximum atomic E-state index is 5.99. The minimum Gasteiger partial charge on any atom is -0.328 e. The first kappa shape index (κ1) is 16.9. The molecule has 2 aromatic heterocycles. The van der Waals surface area contributed by atoms with Crippen LogP contribution in [0.2, 0.25) is 0 Å². The Balaban J connectivity index is 0.00000161. The molecule has 116 valence electrons. The number of nitrogens with zero attached hydrogens (tertiary/aromatic N) is 2. The largest absolute Gasteiger partial charge is 0.328 e. The first-order chi connectivity index (χ1) is 9.72. The summed E-state index contributed by atoms with van der Waals surface area (Å²) in [5.74, 6) is 0.697. The predicted molar refractivity (Wildman–Crippen MR) is 94.3 cm³/mol. The third-order valence-corrected chi connectivity index (χ3v) is 5.70. The van der Waals surface area contributed by atoms with Gasteiger partial charge in [-0.25, -0.2) is 4.98 Å². The van der Waals surface area contributed by atoms with Gasteiger partial charge in [0.1, 0.15) is 5.01 Å². The molecule has 3 nitrogen and oxygen atoms in total. The van der Waals surface area contributed by atoms with Crippen LogP contribution in [-0.2, 0) is 6.54 Å². The van der Waals surface area contributed by atoms with E-state index in [1.54, 1.807) is 22.7 Å². The summed E-state index contributed by atoms with van der Waals surface area (Å²) in [5.41, 5.74) is 8.45. The lowest BCUT2D eigenvalue weighted by Gasteiger charge is -2.33. The van der Waals surface area contributed by atoms with Crippen LogP contribution >= 0.6 is 35.1 Å². The van der Waals surface area contributed by atoms with Gasteiger partial charge in [0.25, 0.3) is 0 Å². The topological polar surface area (TPSA) is 42.1 Å². The summed E-state index contributed by atoms with van der Waals surface area (Å²) in [6.07, 6.45) is 2.44. The van der Waals surface area contributed by atoms with Crippen molar-refractivity contribution in [2.75, 3.05) is 13.1 Å². The molecule has 3 heterocycles. The summed E-state index contributed by atoms with van der Waals surface area (Å²) in [6.45, 7) is 5.41. The van der Waals surface area contributed by atoms with Crippen molar-refractivity contribution in [1.82, 2.24) is 9.88 Å². The van der Waals surface area contributed by atoms with Gasteiger partial charge in [-0.3, -0.25) is 4.90 Å². The van der Waals surface area contributed by atoms with Crippen molar-refractivity contribution in [1.29, 1.82) is 0 Å². The van der Waals surface area contributed by atoms with Crippen LogP contribution in [0.5, 0.6) is 0 Å². The number of halogens is 1. The zero-order valence-electron chi connectivity index (χ0n) is 12.2. The maximum absolute atomic E-state index is 5.99. The Morgan fingerprint density at radius 2 is 2.14 bits per heavy atom. The lowest BCUT2D eigenvalue weighted by Crippen LogP contribution is -2.39. The number of rotatable bonds is 4. The summed E-state index contributed by atoms with van der Waals surface area (Å²) < 4.78 is 0. The van der Waals surface area contributed by atoms with Crippen LogP contribution in [0.3, 0.4) is 0 Å². The van der Waals surface area contributed by atoms with Gasteiger partial charge in [-0.1, -0.05) is 0 Å². The summed E-state index contributed by atoms with van der Waals surface area (Å²) in [4.78, 5) is 7.27. The van der Waals surface area contributed by atoms with Gasteiger partial charge in [-0.2, -0.15) is 11.3 Å². The Hall–Kier alpha value is -0.460. The second-order valence-electron chi connectivity index (χ2n) is 5.63. The van der Waals surface area contributed by atoms with Crippen molar-refractivity contribution in [3.05, 3.63) is 27.9 Å². The Bertz CT molecular complexity index is 531. The van der Waals surface area contributed by atoms with Gasteiger partial charge in [-0.15, -0.1) is 23.7 Å². The second kappa shape index (κ2) is 7.70. The maximum Gasteiger partial charge on any atom is 0.124 e. The first-order valence-corrected chi connectivity index (χ1v) is 8.99. The van der Waals surface area contributed by atoms with Crippen LogP contribution in [0.25, 0.3) is 10.6 Å². The van der Waals surface area contributed by atoms with Crippen LogP contribution in [0.15, 0.2) is 22.2 Å². The Morgan fingerprint density at radius 1 is 1.38 bits per heavy atom. The van der Waals surface area contributed by atoms with E-state index in [9.17, 15) is 0 Å². The SMILES string of the molecule is CC(N)C1CCN(Cc2csc(-c3ccsc3)n2)CC1.Cl. The zero-order chi connectivity index (χ0) is 13.9. The van der Waals surface area contributed by atoms with Crippen molar-refractivity contribution < 1.29 is 0 Å². The molecule has 0 amide bonds. The van der Waals surface area contributed by atoms with Crippen LogP contribution in [0, 0.1) is 5.92 Å². The van der Waals surface area contributed by atoms with Gasteiger partial charge in [0, 0.05) is 28.9 Å². The number of aromatic nitrogens is 1. The number of hydrogen-bond donors (Lipinski definition) is 1. The van der Waals surface area contributed by atoms with Gasteiger partial charge in [0.2, 0.25) is 0 Å². The summed E-state index contributed by atoms with van der Waals surface area (Å²) in [6, 6.07) is 2.48. The number of nitrogens with two attached hydrogens (primary N) is 1. The third-order valence-electron chi connectivity index (χ3n) is 4.08. The summed E-state index contributed by atoms with van der Waals surface area (Å²) in [7, 11) is 0. The Morgan fingerprint density at radius 3 is 2.76 bits per heavy atom. The molecule has 0 bridgehead atoms. The molecule has 1 atom stereocenters. The summed E-state index contributed by atoms with van der Waals surface area (Å²) in [5, 5.41) is 7.61. The van der Waals surface area contributed by atoms with Gasteiger partial charge in [0.15, 0.2) is 0 Å². The highest BCUT2D eigenvalue weighted by molar-refractivity contribution is 7.14. The van der Waals surface area contributed by atoms with Gasteiger partial charge < -0.3 is 5.73 Å². The van der Waals surface area contributed by atoms with E-state index in [0.29, 0.717) is 12.0 Å². The van der Waals surface area contributed by atoms with Crippen molar-refractivity contribution in [2.45, 2.75) is 32.4 Å². The molecule has 2 aromatic rings. The molecular weight excluding hydrogens is 322 g/mol. The molecule has 6 heteroatoms. The number of hydrogen-bond acceptors (Lipinski definition) is 5. The molecule has 1 aliphatic heterocycles. The average Bonchev–Trinajstić information content (AvgIpc) is 3.09. The number of likely N-dealkylation sites (tertiary alicyclic amines) is 1. The van der Waals surface area contributed by atoms with Crippen molar-refractivity contribution in [3.8, 4) is 10.6 Å². The molecule has 0 radical (unpaired) electrons. The lowest BCUT2D eigenvalue weighted by atomic mass is 9.91. The fraction of sp³-hybridized carbons (Fsp3) is 0.533. The number of thiazole rings is 1. The van der Waals surface area contributed by atoms with E-state index >= 15 is 0 Å². The molecule has 3 rings (SSSR count). The van der Waals surface area contributed by atoms with E-state index < -0.39 is 0 Å². The molecule has 1 aliphatic rings. The molecule has 1 saturated heterocycles. The molecule has 1 unspecified atom stereocenters. The van der Waals surface area contributed by atoms with Crippen molar-refractivity contribution in [2.24, 2.45) is 11.7 Å². The molecular formula is C15H22ClN3S2. The zero-order valence-corrected chi connectivity index (χ0v) is 14.6. The summed E-state index contributed by atoms with van der Waals surface area (Å²) >= 11 is 3.48. The quantitative estimate of drug-likeness (QED) is 0.916. The highest BCUT2D eigenvalue weighted by Gasteiger charge is 2.22. The van der Waals surface area contributed by atoms with Gasteiger partial charge >= 0.3 is 0 Å². The second-order valence-corrected chi connectivity index (χ2v) is 7.27. The van der Waals surface area contributed by atoms with Crippen LogP contribution in [0.1, 0.15) is 25.5 Å². The van der Waals surface area contributed by atoms with Crippen molar-refractivity contribution >= 4 is 35.1 Å². The van der Waals surface area contributed by atoms with E-state index in [0.717, 1.165) is 24.6 Å². The number of thiophene rings is 1. The van der Waals surface area contributed by atoms with E-state index in [4.69, 9.17) is 10.7 Å². The van der Waals surface area contributed by atoms with Gasteiger partial charge in [0.05, 0.1) is 5.69 Å². The molecule has 0 aliphatic carbocycles. The van der Waals surface area contributed by atoms with E-state index in [1.165, 1.54) is 24.1 Å². The Kier molecular flexibility index (Phi) is 6.20. The molecule has 0 spiro atoms. The third kappa shape index (κ3) is 4.27. The molecule has 21 heavy (non-hydrogen) atoms. The molecule has 1 fully saturated rings. The highest BCUT2D eigenvalue weighted by atomic mass is 35.5. The minimum atomic E-state index is 0. The standard InChI is InChI=1S/C15H21N3S2.ClH/c1-11(16)12-2-5-18(6-3-12)8-14-10-20-15(17-14)13-4-7-19-9-13;/h4,7,9-12H,2-3,5-6,8,16H2,1H3;1H. The van der Waals surface area contributed by atoms with Crippen LogP contribution in [0.4, 0.5) is 0 Å². The lowest BCUT2D eigenvalue weighted by molar-refractivity contribution is 0.164. The van der Waals surface area contributed by atoms with E-state index in [2.05, 4.69) is 34.0 Å². The van der Waals surface area contributed by atoms with Gasteiger partial charge in [-0.05, 0) is 50.2 Å². The monoisotopic (exact) mass is 343 g/mol.